The summed E-state index contributed by atoms with van der Waals surface area (Å²) in [5, 5.41) is 11.6. The lowest BCUT2D eigenvalue weighted by molar-refractivity contribution is 0.976. The molecule has 0 radical (unpaired) electrons. The Balaban J connectivity index is 1.72. The first-order chi connectivity index (χ1) is 10.7. The number of thiocarbonyl (C=S) groups is 1. The molecule has 0 aliphatic carbocycles. The molecular formula is C14H13ClN6S. The predicted octanol–water partition coefficient (Wildman–Crippen LogP) is 2.64. The van der Waals surface area contributed by atoms with Gasteiger partial charge in [-0.25, -0.2) is 0 Å². The second-order valence-corrected chi connectivity index (χ2v) is 5.37. The molecule has 112 valence electrons. The number of nitrogens with one attached hydrogen (secondary N) is 3. The molecule has 3 heterocycles. The van der Waals surface area contributed by atoms with Crippen LogP contribution in [0.25, 0.3) is 0 Å². The lowest BCUT2D eigenvalue weighted by Gasteiger charge is -2.19. The van der Waals surface area contributed by atoms with E-state index in [-0.39, 0.29) is 0 Å². The molecule has 2 aromatic heterocycles. The largest absolute Gasteiger partial charge is 0.382 e. The fraction of sp³-hybridized carbons (Fsp3) is 0.143. The summed E-state index contributed by atoms with van der Waals surface area (Å²) in [4.78, 5) is 8.34. The minimum absolute atomic E-state index is 0.391. The Hall–Kier alpha value is -2.25. The summed E-state index contributed by atoms with van der Waals surface area (Å²) in [6.07, 6.45) is 5.78. The zero-order chi connectivity index (χ0) is 15.4. The third-order valence-corrected chi connectivity index (χ3v) is 3.56. The van der Waals surface area contributed by atoms with Crippen LogP contribution in [0.4, 0.5) is 11.4 Å². The molecule has 0 fully saturated rings. The molecule has 0 aromatic carbocycles. The van der Waals surface area contributed by atoms with Crippen LogP contribution in [-0.2, 0) is 0 Å². The first-order valence-electron chi connectivity index (χ1n) is 6.66. The van der Waals surface area contributed by atoms with Gasteiger partial charge >= 0.3 is 0 Å². The Morgan fingerprint density at radius 2 is 2.27 bits per heavy atom. The van der Waals surface area contributed by atoms with Crippen LogP contribution < -0.4 is 16.1 Å². The first-order valence-corrected chi connectivity index (χ1v) is 7.45. The van der Waals surface area contributed by atoms with E-state index in [1.165, 1.54) is 0 Å². The quantitative estimate of drug-likeness (QED) is 0.580. The maximum absolute atomic E-state index is 6.15. The lowest BCUT2D eigenvalue weighted by atomic mass is 10.1. The zero-order valence-electron chi connectivity index (χ0n) is 11.5. The third-order valence-electron chi connectivity index (χ3n) is 3.05. The van der Waals surface area contributed by atoms with Crippen LogP contribution in [0.2, 0.25) is 5.02 Å². The number of rotatable bonds is 2. The Morgan fingerprint density at radius 3 is 3.09 bits per heavy atom. The Morgan fingerprint density at radius 1 is 1.36 bits per heavy atom. The van der Waals surface area contributed by atoms with E-state index >= 15 is 0 Å². The van der Waals surface area contributed by atoms with E-state index in [0.717, 1.165) is 35.7 Å². The van der Waals surface area contributed by atoms with Crippen molar-refractivity contribution < 1.29 is 0 Å². The monoisotopic (exact) mass is 332 g/mol. The Labute approximate surface area is 138 Å². The minimum Gasteiger partial charge on any atom is -0.382 e. The molecular weight excluding hydrogens is 320 g/mol. The number of fused-ring (bicyclic) bond motifs is 1. The molecule has 3 rings (SSSR count). The van der Waals surface area contributed by atoms with Crippen molar-refractivity contribution in [2.45, 2.75) is 6.42 Å². The van der Waals surface area contributed by atoms with Crippen molar-refractivity contribution in [3.63, 3.8) is 0 Å². The average Bonchev–Trinajstić information content (AvgIpc) is 2.54. The van der Waals surface area contributed by atoms with Crippen molar-refractivity contribution in [1.82, 2.24) is 15.4 Å². The van der Waals surface area contributed by atoms with Gasteiger partial charge in [0.05, 0.1) is 28.3 Å². The highest BCUT2D eigenvalue weighted by Crippen LogP contribution is 2.27. The van der Waals surface area contributed by atoms with E-state index in [0.29, 0.717) is 10.1 Å². The smallest absolute Gasteiger partial charge is 0.191 e. The molecule has 8 heteroatoms. The molecule has 1 aliphatic rings. The van der Waals surface area contributed by atoms with Gasteiger partial charge in [-0.15, -0.1) is 0 Å². The summed E-state index contributed by atoms with van der Waals surface area (Å²) in [6.45, 7) is 0.752. The number of halogens is 1. The number of nitrogens with zero attached hydrogens (tertiary/aromatic N) is 3. The van der Waals surface area contributed by atoms with E-state index in [4.69, 9.17) is 23.8 Å². The van der Waals surface area contributed by atoms with E-state index in [2.05, 4.69) is 31.1 Å². The number of hydrazone groups is 1. The highest BCUT2D eigenvalue weighted by atomic mass is 35.5. The number of aromatic nitrogens is 2. The first kappa shape index (κ1) is 14.7. The van der Waals surface area contributed by atoms with E-state index in [1.54, 1.807) is 24.7 Å². The highest BCUT2D eigenvalue weighted by Gasteiger charge is 2.19. The molecule has 0 spiro atoms. The number of pyridine rings is 2. The molecule has 22 heavy (non-hydrogen) atoms. The summed E-state index contributed by atoms with van der Waals surface area (Å²) in [7, 11) is 0. The average molecular weight is 333 g/mol. The van der Waals surface area contributed by atoms with Gasteiger partial charge in [0.2, 0.25) is 0 Å². The third kappa shape index (κ3) is 3.32. The normalized spacial score (nSPS) is 14.9. The maximum Gasteiger partial charge on any atom is 0.191 e. The second kappa shape index (κ2) is 6.67. The summed E-state index contributed by atoms with van der Waals surface area (Å²) in [5.74, 6) is 0. The van der Waals surface area contributed by atoms with Gasteiger partial charge in [0.25, 0.3) is 0 Å². The Kier molecular flexibility index (Phi) is 4.45. The van der Waals surface area contributed by atoms with Crippen LogP contribution in [0.15, 0.2) is 41.9 Å². The molecule has 0 atom stereocenters. The summed E-state index contributed by atoms with van der Waals surface area (Å²) >= 11 is 11.4. The van der Waals surface area contributed by atoms with Crippen molar-refractivity contribution in [2.75, 3.05) is 17.2 Å². The molecule has 0 saturated heterocycles. The molecule has 1 aliphatic heterocycles. The summed E-state index contributed by atoms with van der Waals surface area (Å²) in [5.41, 5.74) is 5.99. The van der Waals surface area contributed by atoms with Crippen LogP contribution >= 0.6 is 23.8 Å². The molecule has 6 nitrogen and oxygen atoms in total. The molecule has 3 N–H and O–H groups in total. The van der Waals surface area contributed by atoms with E-state index in [9.17, 15) is 0 Å². The van der Waals surface area contributed by atoms with Crippen LogP contribution in [0.3, 0.4) is 0 Å². The van der Waals surface area contributed by atoms with Crippen LogP contribution in [0.5, 0.6) is 0 Å². The molecule has 0 bridgehead atoms. The predicted molar refractivity (Wildman–Crippen MR) is 92.5 cm³/mol. The fourth-order valence-corrected chi connectivity index (χ4v) is 2.45. The molecule has 0 amide bonds. The van der Waals surface area contributed by atoms with Crippen LogP contribution in [0, 0.1) is 0 Å². The van der Waals surface area contributed by atoms with E-state index < -0.39 is 0 Å². The highest BCUT2D eigenvalue weighted by molar-refractivity contribution is 7.80. The standard InChI is InChI=1S/C14H13ClN6S/c15-10-3-6-18-13-11(4-7-17-12(10)13)20-21-14(22)19-9-2-1-5-16-8-9/h1-3,5-6,8,17H,4,7H2,(H2,19,21,22)/b20-11-. The van der Waals surface area contributed by atoms with Crippen LogP contribution in [0.1, 0.15) is 12.1 Å². The minimum atomic E-state index is 0.391. The number of hydrogen-bond donors (Lipinski definition) is 3. The van der Waals surface area contributed by atoms with Gasteiger partial charge < -0.3 is 10.6 Å². The fourth-order valence-electron chi connectivity index (χ4n) is 2.07. The number of anilines is 2. The second-order valence-electron chi connectivity index (χ2n) is 4.56. The van der Waals surface area contributed by atoms with E-state index in [1.807, 2.05) is 12.1 Å². The van der Waals surface area contributed by atoms with Crippen molar-refractivity contribution in [2.24, 2.45) is 5.10 Å². The van der Waals surface area contributed by atoms with Crippen molar-refractivity contribution in [1.29, 1.82) is 0 Å². The zero-order valence-corrected chi connectivity index (χ0v) is 13.1. The summed E-state index contributed by atoms with van der Waals surface area (Å²) in [6, 6.07) is 5.44. The van der Waals surface area contributed by atoms with Gasteiger partial charge in [0.1, 0.15) is 5.69 Å². The van der Waals surface area contributed by atoms with Gasteiger partial charge in [-0.1, -0.05) is 11.6 Å². The molecule has 0 saturated carbocycles. The summed E-state index contributed by atoms with van der Waals surface area (Å²) < 4.78 is 0. The molecule has 2 aromatic rings. The SMILES string of the molecule is S=C(N/N=C1/CCNc2c(Cl)ccnc21)Nc1cccnc1. The van der Waals surface area contributed by atoms with Crippen LogP contribution in [-0.4, -0.2) is 27.3 Å². The lowest BCUT2D eigenvalue weighted by Crippen LogP contribution is -2.28. The van der Waals surface area contributed by atoms with Gasteiger partial charge in [-0.3, -0.25) is 15.4 Å². The van der Waals surface area contributed by atoms with Crippen molar-refractivity contribution in [3.05, 3.63) is 47.5 Å². The molecule has 0 unspecified atom stereocenters. The van der Waals surface area contributed by atoms with Crippen molar-refractivity contribution >= 4 is 46.0 Å². The maximum atomic E-state index is 6.15. The van der Waals surface area contributed by atoms with Gasteiger partial charge in [0, 0.05) is 25.4 Å². The van der Waals surface area contributed by atoms with Gasteiger partial charge in [-0.2, -0.15) is 5.10 Å². The number of hydrogen-bond acceptors (Lipinski definition) is 5. The Bertz CT molecular complexity index is 719. The van der Waals surface area contributed by atoms with Gasteiger partial charge in [-0.05, 0) is 30.4 Å². The van der Waals surface area contributed by atoms with Crippen molar-refractivity contribution in [3.8, 4) is 0 Å². The van der Waals surface area contributed by atoms with Gasteiger partial charge in [0.15, 0.2) is 5.11 Å². The topological polar surface area (TPSA) is 74.2 Å².